The Morgan fingerprint density at radius 3 is 3.00 bits per heavy atom. The van der Waals surface area contributed by atoms with Gasteiger partial charge in [-0.3, -0.25) is 9.36 Å². The second kappa shape index (κ2) is 2.44. The summed E-state index contributed by atoms with van der Waals surface area (Å²) < 4.78 is 1.47. The monoisotopic (exact) mass is 124 g/mol. The van der Waals surface area contributed by atoms with Gasteiger partial charge in [-0.05, 0) is 0 Å². The lowest BCUT2D eigenvalue weighted by molar-refractivity contribution is 0.0908. The summed E-state index contributed by atoms with van der Waals surface area (Å²) in [7, 11) is 0. The fourth-order valence-electron chi connectivity index (χ4n) is 0.589. The van der Waals surface area contributed by atoms with Crippen LogP contribution in [-0.2, 0) is 0 Å². The van der Waals surface area contributed by atoms with Gasteiger partial charge in [0.15, 0.2) is 0 Å². The van der Waals surface area contributed by atoms with Crippen LogP contribution in [0.1, 0.15) is 18.1 Å². The molecule has 3 nitrogen and oxygen atoms in total. The highest BCUT2D eigenvalue weighted by molar-refractivity contribution is 5.78. The van der Waals surface area contributed by atoms with E-state index in [2.05, 4.69) is 4.98 Å². The van der Waals surface area contributed by atoms with Gasteiger partial charge in [0.2, 0.25) is 5.91 Å². The zero-order valence-corrected chi connectivity index (χ0v) is 5.24. The zero-order chi connectivity index (χ0) is 6.69. The molecule has 0 radical (unpaired) electrons. The van der Waals surface area contributed by atoms with Crippen molar-refractivity contribution in [3.05, 3.63) is 18.7 Å². The van der Waals surface area contributed by atoms with Crippen LogP contribution in [-0.4, -0.2) is 15.5 Å². The third kappa shape index (κ3) is 1.16. The van der Waals surface area contributed by atoms with Crippen LogP contribution < -0.4 is 0 Å². The van der Waals surface area contributed by atoms with Crippen LogP contribution in [0.15, 0.2) is 18.7 Å². The molecule has 3 heteroatoms. The Morgan fingerprint density at radius 1 is 1.78 bits per heavy atom. The van der Waals surface area contributed by atoms with Gasteiger partial charge in [-0.2, -0.15) is 0 Å². The third-order valence-electron chi connectivity index (χ3n) is 1.09. The molecular formula is C6H8N2O. The highest BCUT2D eigenvalue weighted by atomic mass is 16.1. The van der Waals surface area contributed by atoms with Crippen molar-refractivity contribution in [2.45, 2.75) is 13.3 Å². The lowest BCUT2D eigenvalue weighted by Gasteiger charge is -1.92. The van der Waals surface area contributed by atoms with E-state index < -0.39 is 0 Å². The first-order valence-electron chi connectivity index (χ1n) is 2.85. The summed E-state index contributed by atoms with van der Waals surface area (Å²) in [6, 6.07) is 0. The van der Waals surface area contributed by atoms with Gasteiger partial charge in [-0.1, -0.05) is 6.92 Å². The molecule has 0 bridgehead atoms. The van der Waals surface area contributed by atoms with Crippen LogP contribution in [0.25, 0.3) is 0 Å². The first-order chi connectivity index (χ1) is 4.34. The summed E-state index contributed by atoms with van der Waals surface area (Å²) in [5, 5.41) is 0. The van der Waals surface area contributed by atoms with Crippen LogP contribution in [0.3, 0.4) is 0 Å². The first-order valence-corrected chi connectivity index (χ1v) is 2.85. The van der Waals surface area contributed by atoms with Crippen molar-refractivity contribution in [2.75, 3.05) is 0 Å². The van der Waals surface area contributed by atoms with Crippen LogP contribution in [0.2, 0.25) is 0 Å². The molecule has 0 aliphatic carbocycles. The molecule has 0 saturated heterocycles. The molecule has 1 aromatic heterocycles. The van der Waals surface area contributed by atoms with E-state index in [1.165, 1.54) is 10.9 Å². The van der Waals surface area contributed by atoms with Crippen LogP contribution >= 0.6 is 0 Å². The molecule has 0 aromatic carbocycles. The molecule has 0 amide bonds. The number of hydrogen-bond acceptors (Lipinski definition) is 2. The van der Waals surface area contributed by atoms with Crippen LogP contribution in [0.4, 0.5) is 0 Å². The standard InChI is InChI=1S/C6H8N2O/c1-2-6(9)8-4-3-7-5-8/h3-5H,2H2,1H3. The van der Waals surface area contributed by atoms with E-state index in [4.69, 9.17) is 0 Å². The molecule has 0 N–H and O–H groups in total. The largest absolute Gasteiger partial charge is 0.276 e. The van der Waals surface area contributed by atoms with Crippen LogP contribution in [0, 0.1) is 0 Å². The molecule has 0 unspecified atom stereocenters. The summed E-state index contributed by atoms with van der Waals surface area (Å²) in [5.41, 5.74) is 0. The minimum atomic E-state index is 0.0764. The van der Waals surface area contributed by atoms with Gasteiger partial charge in [0, 0.05) is 18.8 Å². The molecular weight excluding hydrogens is 116 g/mol. The number of nitrogens with zero attached hydrogens (tertiary/aromatic N) is 2. The van der Waals surface area contributed by atoms with Crippen LogP contribution in [0.5, 0.6) is 0 Å². The quantitative estimate of drug-likeness (QED) is 0.558. The lowest BCUT2D eigenvalue weighted by Crippen LogP contribution is -2.05. The Kier molecular flexibility index (Phi) is 1.63. The molecule has 1 rings (SSSR count). The Balaban J connectivity index is 2.77. The fraction of sp³-hybridized carbons (Fsp3) is 0.333. The molecule has 1 aromatic rings. The molecule has 0 spiro atoms. The molecule has 0 aliphatic heterocycles. The predicted octanol–water partition coefficient (Wildman–Crippen LogP) is 0.933. The maximum absolute atomic E-state index is 10.8. The minimum Gasteiger partial charge on any atom is -0.276 e. The normalized spacial score (nSPS) is 9.44. The van der Waals surface area contributed by atoms with Gasteiger partial charge >= 0.3 is 0 Å². The molecule has 0 fully saturated rings. The lowest BCUT2D eigenvalue weighted by atomic mass is 10.4. The van der Waals surface area contributed by atoms with Gasteiger partial charge in [0.25, 0.3) is 0 Å². The smallest absolute Gasteiger partial charge is 0.231 e. The van der Waals surface area contributed by atoms with Gasteiger partial charge in [-0.25, -0.2) is 4.98 Å². The number of imidazole rings is 1. The Bertz CT molecular complexity index is 191. The predicted molar refractivity (Wildman–Crippen MR) is 33.1 cm³/mol. The average Bonchev–Trinajstić information content (AvgIpc) is 2.37. The van der Waals surface area contributed by atoms with Crippen molar-refractivity contribution in [1.29, 1.82) is 0 Å². The zero-order valence-electron chi connectivity index (χ0n) is 5.24. The summed E-state index contributed by atoms with van der Waals surface area (Å²) in [6.07, 6.45) is 5.27. The van der Waals surface area contributed by atoms with Crippen molar-refractivity contribution < 1.29 is 4.79 Å². The average molecular weight is 124 g/mol. The summed E-state index contributed by atoms with van der Waals surface area (Å²) >= 11 is 0. The number of hydrogen-bond donors (Lipinski definition) is 0. The summed E-state index contributed by atoms with van der Waals surface area (Å²) in [5.74, 6) is 0.0764. The molecule has 0 aliphatic rings. The topological polar surface area (TPSA) is 34.9 Å². The number of rotatable bonds is 1. The van der Waals surface area contributed by atoms with Crippen molar-refractivity contribution in [1.82, 2.24) is 9.55 Å². The van der Waals surface area contributed by atoms with E-state index in [0.717, 1.165) is 0 Å². The Hall–Kier alpha value is -1.12. The van der Waals surface area contributed by atoms with E-state index in [1.54, 1.807) is 12.4 Å². The van der Waals surface area contributed by atoms with Crippen molar-refractivity contribution in [2.24, 2.45) is 0 Å². The van der Waals surface area contributed by atoms with Gasteiger partial charge in [0.1, 0.15) is 6.33 Å². The second-order valence-corrected chi connectivity index (χ2v) is 1.72. The SMILES string of the molecule is CCC(=O)n1ccnc1. The highest BCUT2D eigenvalue weighted by Crippen LogP contribution is 1.88. The molecule has 0 atom stereocenters. The third-order valence-corrected chi connectivity index (χ3v) is 1.09. The fourth-order valence-corrected chi connectivity index (χ4v) is 0.589. The summed E-state index contributed by atoms with van der Waals surface area (Å²) in [4.78, 5) is 14.5. The molecule has 0 saturated carbocycles. The number of carbonyl (C=O) groups excluding carboxylic acids is 1. The van der Waals surface area contributed by atoms with Crippen molar-refractivity contribution in [3.63, 3.8) is 0 Å². The van der Waals surface area contributed by atoms with E-state index in [0.29, 0.717) is 6.42 Å². The number of carbonyl (C=O) groups is 1. The first kappa shape index (κ1) is 6.01. The molecule has 1 heterocycles. The van der Waals surface area contributed by atoms with E-state index in [1.807, 2.05) is 6.92 Å². The molecule has 9 heavy (non-hydrogen) atoms. The maximum Gasteiger partial charge on any atom is 0.231 e. The van der Waals surface area contributed by atoms with Crippen molar-refractivity contribution >= 4 is 5.91 Å². The highest BCUT2D eigenvalue weighted by Gasteiger charge is 1.96. The number of aromatic nitrogens is 2. The maximum atomic E-state index is 10.8. The van der Waals surface area contributed by atoms with E-state index in [9.17, 15) is 4.79 Å². The second-order valence-electron chi connectivity index (χ2n) is 1.72. The van der Waals surface area contributed by atoms with Crippen molar-refractivity contribution in [3.8, 4) is 0 Å². The molecule has 48 valence electrons. The van der Waals surface area contributed by atoms with Gasteiger partial charge < -0.3 is 0 Å². The Labute approximate surface area is 53.3 Å². The van der Waals surface area contributed by atoms with Gasteiger partial charge in [0.05, 0.1) is 0 Å². The Morgan fingerprint density at radius 2 is 2.56 bits per heavy atom. The summed E-state index contributed by atoms with van der Waals surface area (Å²) in [6.45, 7) is 1.82. The minimum absolute atomic E-state index is 0.0764. The van der Waals surface area contributed by atoms with Gasteiger partial charge in [-0.15, -0.1) is 0 Å². The van der Waals surface area contributed by atoms with E-state index >= 15 is 0 Å². The van der Waals surface area contributed by atoms with E-state index in [-0.39, 0.29) is 5.91 Å².